The summed E-state index contributed by atoms with van der Waals surface area (Å²) in [6.07, 6.45) is 6.35. The molecule has 2 heterocycles. The van der Waals surface area contributed by atoms with Gasteiger partial charge in [0.2, 0.25) is 5.91 Å². The molecule has 0 N–H and O–H groups in total. The van der Waals surface area contributed by atoms with Crippen molar-refractivity contribution in [3.63, 3.8) is 0 Å². The van der Waals surface area contributed by atoms with Crippen LogP contribution in [0.5, 0.6) is 0 Å². The molecule has 1 atom stereocenters. The minimum absolute atomic E-state index is 0.0172. The maximum atomic E-state index is 12.1. The van der Waals surface area contributed by atoms with Crippen LogP contribution in [0.1, 0.15) is 22.9 Å². The van der Waals surface area contributed by atoms with E-state index in [1.54, 1.807) is 30.4 Å². The van der Waals surface area contributed by atoms with Gasteiger partial charge in [0.05, 0.1) is 23.7 Å². The van der Waals surface area contributed by atoms with Gasteiger partial charge in [-0.15, -0.1) is 11.8 Å². The molecule has 1 aliphatic rings. The van der Waals surface area contributed by atoms with E-state index in [1.165, 1.54) is 0 Å². The van der Waals surface area contributed by atoms with Crippen LogP contribution in [0, 0.1) is 11.3 Å². The van der Waals surface area contributed by atoms with Crippen LogP contribution in [-0.4, -0.2) is 32.7 Å². The van der Waals surface area contributed by atoms with E-state index in [0.29, 0.717) is 17.9 Å². The van der Waals surface area contributed by atoms with Gasteiger partial charge in [0, 0.05) is 25.5 Å². The van der Waals surface area contributed by atoms with Crippen LogP contribution in [0.15, 0.2) is 43.0 Å². The third kappa shape index (κ3) is 3.15. The third-order valence-corrected chi connectivity index (χ3v) is 4.90. The van der Waals surface area contributed by atoms with Crippen LogP contribution >= 0.6 is 11.8 Å². The predicted molar refractivity (Wildman–Crippen MR) is 84.9 cm³/mol. The number of hydrogen-bond donors (Lipinski definition) is 0. The van der Waals surface area contributed by atoms with E-state index in [1.807, 2.05) is 33.9 Å². The fraction of sp³-hybridized carbons (Fsp3) is 0.312. The van der Waals surface area contributed by atoms with Gasteiger partial charge in [-0.2, -0.15) is 5.26 Å². The average Bonchev–Trinajstić information content (AvgIpc) is 3.18. The van der Waals surface area contributed by atoms with Crippen LogP contribution in [0.3, 0.4) is 0 Å². The van der Waals surface area contributed by atoms with Gasteiger partial charge in [-0.25, -0.2) is 4.98 Å². The number of thioether (sulfide) groups is 1. The molecule has 0 saturated carbocycles. The molecule has 1 saturated heterocycles. The molecule has 1 fully saturated rings. The fourth-order valence-corrected chi connectivity index (χ4v) is 3.78. The van der Waals surface area contributed by atoms with E-state index < -0.39 is 0 Å². The standard InChI is InChI=1S/C16H16N4OS/c17-10-13-3-1-4-14(9-13)16-20(15(21)11-22-16)7-2-6-19-8-5-18-12-19/h1,3-5,8-9,12,16H,2,6-7,11H2. The third-order valence-electron chi connectivity index (χ3n) is 3.64. The number of imidazole rings is 1. The minimum Gasteiger partial charge on any atom is -0.337 e. The average molecular weight is 312 g/mol. The van der Waals surface area contributed by atoms with E-state index in [0.717, 1.165) is 18.5 Å². The smallest absolute Gasteiger partial charge is 0.233 e. The molecule has 22 heavy (non-hydrogen) atoms. The molecule has 1 aromatic carbocycles. The van der Waals surface area contributed by atoms with Gasteiger partial charge in [-0.05, 0) is 24.1 Å². The molecule has 1 unspecified atom stereocenters. The molecule has 0 aliphatic carbocycles. The topological polar surface area (TPSA) is 61.9 Å². The van der Waals surface area contributed by atoms with Crippen LogP contribution in [-0.2, 0) is 11.3 Å². The zero-order chi connectivity index (χ0) is 15.4. The summed E-state index contributed by atoms with van der Waals surface area (Å²) in [6, 6.07) is 9.68. The summed E-state index contributed by atoms with van der Waals surface area (Å²) >= 11 is 1.63. The number of aryl methyl sites for hydroxylation is 1. The van der Waals surface area contributed by atoms with Crippen molar-refractivity contribution in [2.75, 3.05) is 12.3 Å². The molecule has 2 aromatic rings. The zero-order valence-corrected chi connectivity index (χ0v) is 12.9. The molecule has 1 aromatic heterocycles. The summed E-state index contributed by atoms with van der Waals surface area (Å²) in [6.45, 7) is 1.56. The number of rotatable bonds is 5. The summed E-state index contributed by atoms with van der Waals surface area (Å²) in [7, 11) is 0. The van der Waals surface area contributed by atoms with E-state index >= 15 is 0 Å². The van der Waals surface area contributed by atoms with Crippen molar-refractivity contribution in [3.05, 3.63) is 54.1 Å². The minimum atomic E-state index is 0.0172. The highest BCUT2D eigenvalue weighted by Gasteiger charge is 2.32. The van der Waals surface area contributed by atoms with Gasteiger partial charge in [0.25, 0.3) is 0 Å². The number of carbonyl (C=O) groups excluding carboxylic acids is 1. The Kier molecular flexibility index (Phi) is 4.45. The van der Waals surface area contributed by atoms with Crippen molar-refractivity contribution in [1.29, 1.82) is 5.26 Å². The second-order valence-electron chi connectivity index (χ2n) is 5.14. The monoisotopic (exact) mass is 312 g/mol. The van der Waals surface area contributed by atoms with E-state index in [2.05, 4.69) is 11.1 Å². The van der Waals surface area contributed by atoms with E-state index in [-0.39, 0.29) is 11.3 Å². The second kappa shape index (κ2) is 6.67. The SMILES string of the molecule is N#Cc1cccc(C2SCC(=O)N2CCCn2ccnc2)c1. The van der Waals surface area contributed by atoms with Gasteiger partial charge in [-0.1, -0.05) is 12.1 Å². The Morgan fingerprint density at radius 1 is 1.41 bits per heavy atom. The predicted octanol–water partition coefficient (Wildman–Crippen LogP) is 2.42. The van der Waals surface area contributed by atoms with Gasteiger partial charge in [-0.3, -0.25) is 4.79 Å². The highest BCUT2D eigenvalue weighted by molar-refractivity contribution is 8.00. The first kappa shape index (κ1) is 14.7. The molecule has 6 heteroatoms. The van der Waals surface area contributed by atoms with Gasteiger partial charge >= 0.3 is 0 Å². The Labute approximate surface area is 133 Å². The molecule has 1 aliphatic heterocycles. The summed E-state index contributed by atoms with van der Waals surface area (Å²) in [5.41, 5.74) is 1.66. The number of nitriles is 1. The number of benzene rings is 1. The van der Waals surface area contributed by atoms with Gasteiger partial charge in [0.1, 0.15) is 5.37 Å². The maximum Gasteiger partial charge on any atom is 0.233 e. The van der Waals surface area contributed by atoms with Crippen molar-refractivity contribution in [2.45, 2.75) is 18.3 Å². The lowest BCUT2D eigenvalue weighted by atomic mass is 10.1. The first-order chi connectivity index (χ1) is 10.8. The Hall–Kier alpha value is -2.26. The van der Waals surface area contributed by atoms with Crippen molar-refractivity contribution < 1.29 is 4.79 Å². The number of carbonyl (C=O) groups is 1. The van der Waals surface area contributed by atoms with Crippen molar-refractivity contribution in [2.24, 2.45) is 0 Å². The largest absolute Gasteiger partial charge is 0.337 e. The van der Waals surface area contributed by atoms with Crippen LogP contribution < -0.4 is 0 Å². The molecular weight excluding hydrogens is 296 g/mol. The number of nitrogens with zero attached hydrogens (tertiary/aromatic N) is 4. The Balaban J connectivity index is 1.67. The van der Waals surface area contributed by atoms with Crippen LogP contribution in [0.4, 0.5) is 0 Å². The first-order valence-corrected chi connectivity index (χ1v) is 8.19. The first-order valence-electron chi connectivity index (χ1n) is 7.15. The number of aromatic nitrogens is 2. The normalized spacial score (nSPS) is 17.7. The molecule has 3 rings (SSSR count). The van der Waals surface area contributed by atoms with Crippen molar-refractivity contribution in [3.8, 4) is 6.07 Å². The zero-order valence-electron chi connectivity index (χ0n) is 12.1. The molecule has 0 radical (unpaired) electrons. The van der Waals surface area contributed by atoms with E-state index in [9.17, 15) is 4.79 Å². The lowest BCUT2D eigenvalue weighted by Gasteiger charge is -2.24. The van der Waals surface area contributed by atoms with E-state index in [4.69, 9.17) is 5.26 Å². The highest BCUT2D eigenvalue weighted by atomic mass is 32.2. The molecular formula is C16H16N4OS. The molecule has 0 bridgehead atoms. The number of amides is 1. The second-order valence-corrected chi connectivity index (χ2v) is 6.21. The molecule has 112 valence electrons. The van der Waals surface area contributed by atoms with Crippen molar-refractivity contribution >= 4 is 17.7 Å². The summed E-state index contributed by atoms with van der Waals surface area (Å²) in [5, 5.41) is 9.04. The van der Waals surface area contributed by atoms with Gasteiger partial charge < -0.3 is 9.47 Å². The number of hydrogen-bond acceptors (Lipinski definition) is 4. The van der Waals surface area contributed by atoms with Gasteiger partial charge in [0.15, 0.2) is 0 Å². The maximum absolute atomic E-state index is 12.1. The van der Waals surface area contributed by atoms with Crippen molar-refractivity contribution in [1.82, 2.24) is 14.5 Å². The van der Waals surface area contributed by atoms with Crippen LogP contribution in [0.2, 0.25) is 0 Å². The quantitative estimate of drug-likeness (QED) is 0.850. The fourth-order valence-electron chi connectivity index (χ4n) is 2.58. The Morgan fingerprint density at radius 2 is 2.32 bits per heavy atom. The van der Waals surface area contributed by atoms with Crippen LogP contribution in [0.25, 0.3) is 0 Å². The summed E-state index contributed by atoms with van der Waals surface area (Å²) < 4.78 is 2.01. The highest BCUT2D eigenvalue weighted by Crippen LogP contribution is 2.38. The molecule has 5 nitrogen and oxygen atoms in total. The summed E-state index contributed by atoms with van der Waals surface area (Å²) in [4.78, 5) is 18.1. The molecule has 0 spiro atoms. The Bertz CT molecular complexity index is 692. The lowest BCUT2D eigenvalue weighted by molar-refractivity contribution is -0.128. The Morgan fingerprint density at radius 3 is 3.09 bits per heavy atom. The lowest BCUT2D eigenvalue weighted by Crippen LogP contribution is -2.29. The summed E-state index contributed by atoms with van der Waals surface area (Å²) in [5.74, 6) is 0.676. The molecule has 1 amide bonds.